The van der Waals surface area contributed by atoms with Crippen LogP contribution < -0.4 is 4.74 Å². The Morgan fingerprint density at radius 3 is 2.22 bits per heavy atom. The number of carbonyl (C=O) groups is 1. The molecule has 0 bridgehead atoms. The van der Waals surface area contributed by atoms with Crippen LogP contribution in [0, 0.1) is 17.8 Å². The first-order valence-electron chi connectivity index (χ1n) is 13.4. The Balaban J connectivity index is 1.57. The minimum absolute atomic E-state index is 0.0821. The fourth-order valence-corrected chi connectivity index (χ4v) is 6.53. The fraction of sp³-hybridized carbons (Fsp3) is 0.516. The van der Waals surface area contributed by atoms with E-state index in [1.54, 1.807) is 7.11 Å². The fourth-order valence-electron chi connectivity index (χ4n) is 5.26. The maximum atomic E-state index is 12.9. The average Bonchev–Trinajstić information content (AvgIpc) is 2.84. The summed E-state index contributed by atoms with van der Waals surface area (Å²) in [6.07, 6.45) is 3.14. The molecule has 1 saturated carbocycles. The van der Waals surface area contributed by atoms with Crippen LogP contribution >= 0.6 is 11.6 Å². The maximum absolute atomic E-state index is 12.9. The molecule has 0 aliphatic heterocycles. The maximum Gasteiger partial charge on any atom is 0.250 e. The Morgan fingerprint density at radius 2 is 1.62 bits per heavy atom. The molecular weight excluding hydrogens is 500 g/mol. The Hall–Kier alpha value is -2.08. The van der Waals surface area contributed by atoms with Crippen molar-refractivity contribution in [2.75, 3.05) is 13.7 Å². The molecule has 0 unspecified atom stereocenters. The van der Waals surface area contributed by atoms with Gasteiger partial charge in [0.15, 0.2) is 0 Å². The number of fused-ring (bicyclic) bond motifs is 1. The van der Waals surface area contributed by atoms with Crippen LogP contribution in [0.1, 0.15) is 51.2 Å². The summed E-state index contributed by atoms with van der Waals surface area (Å²) in [5, 5.41) is 0.839. The second-order valence-electron chi connectivity index (χ2n) is 12.1. The molecule has 37 heavy (non-hydrogen) atoms. The quantitative estimate of drug-likeness (QED) is 0.226. The van der Waals surface area contributed by atoms with Gasteiger partial charge in [0.05, 0.1) is 19.5 Å². The van der Waals surface area contributed by atoms with Crippen molar-refractivity contribution >= 4 is 25.7 Å². The van der Waals surface area contributed by atoms with Gasteiger partial charge in [0.1, 0.15) is 11.5 Å². The van der Waals surface area contributed by atoms with Gasteiger partial charge in [0.2, 0.25) is 8.32 Å². The highest BCUT2D eigenvalue weighted by Crippen LogP contribution is 2.52. The lowest BCUT2D eigenvalue weighted by atomic mass is 9.58. The Kier molecular flexibility index (Phi) is 8.57. The SMILES string of the molecule is COc1ccc(COCC[C@H]2C(Cc3ccc(Cl)cc3)=C(O[Si](C)(C)C(C)(C)C)C[C@H]3CC(=O)[C@H]32)cc1. The van der Waals surface area contributed by atoms with E-state index in [-0.39, 0.29) is 16.9 Å². The van der Waals surface area contributed by atoms with Gasteiger partial charge in [-0.15, -0.1) is 0 Å². The monoisotopic (exact) mass is 540 g/mol. The summed E-state index contributed by atoms with van der Waals surface area (Å²) in [4.78, 5) is 12.9. The molecule has 0 radical (unpaired) electrons. The van der Waals surface area contributed by atoms with Gasteiger partial charge in [-0.2, -0.15) is 0 Å². The molecule has 2 aromatic carbocycles. The molecule has 200 valence electrons. The summed E-state index contributed by atoms with van der Waals surface area (Å²) in [5.41, 5.74) is 3.60. The first-order chi connectivity index (χ1) is 17.5. The number of ketones is 1. The third-order valence-electron chi connectivity index (χ3n) is 8.52. The molecule has 0 aromatic heterocycles. The molecule has 0 heterocycles. The van der Waals surface area contributed by atoms with Crippen molar-refractivity contribution in [2.24, 2.45) is 17.8 Å². The summed E-state index contributed by atoms with van der Waals surface area (Å²) in [5.74, 6) is 2.98. The zero-order valence-corrected chi connectivity index (χ0v) is 24.9. The second-order valence-corrected chi connectivity index (χ2v) is 17.2. The third-order valence-corrected chi connectivity index (χ3v) is 13.1. The minimum atomic E-state index is -2.03. The standard InChI is InChI=1S/C31H41ClO4Si/c1-31(2,3)37(5,6)36-29-19-23-18-28(33)30(23)26(27(29)17-21-7-11-24(32)12-8-21)15-16-35-20-22-9-13-25(34-4)14-10-22/h7-14,23,26,30H,15-20H2,1-6H3/t23-,26+,30-/m1/s1. The van der Waals surface area contributed by atoms with E-state index in [0.29, 0.717) is 31.3 Å². The van der Waals surface area contributed by atoms with E-state index in [1.807, 2.05) is 36.4 Å². The summed E-state index contributed by atoms with van der Waals surface area (Å²) in [7, 11) is -0.360. The van der Waals surface area contributed by atoms with Crippen molar-refractivity contribution in [3.05, 3.63) is 76.0 Å². The summed E-state index contributed by atoms with van der Waals surface area (Å²) in [6, 6.07) is 16.0. The number of benzene rings is 2. The zero-order valence-electron chi connectivity index (χ0n) is 23.1. The van der Waals surface area contributed by atoms with Crippen molar-refractivity contribution in [3.8, 4) is 5.75 Å². The van der Waals surface area contributed by atoms with Crippen molar-refractivity contribution in [3.63, 3.8) is 0 Å². The highest BCUT2D eigenvalue weighted by molar-refractivity contribution is 6.74. The predicted molar refractivity (Wildman–Crippen MR) is 152 cm³/mol. The van der Waals surface area contributed by atoms with Gasteiger partial charge in [-0.3, -0.25) is 4.79 Å². The molecule has 3 atom stereocenters. The number of halogens is 1. The second kappa shape index (κ2) is 11.3. The molecule has 2 aliphatic rings. The van der Waals surface area contributed by atoms with Gasteiger partial charge in [0, 0.05) is 30.4 Å². The van der Waals surface area contributed by atoms with Gasteiger partial charge < -0.3 is 13.9 Å². The average molecular weight is 541 g/mol. The molecular formula is C31H41ClO4Si. The highest BCUT2D eigenvalue weighted by atomic mass is 35.5. The Bertz CT molecular complexity index is 1120. The van der Waals surface area contributed by atoms with Crippen LogP contribution in [0.25, 0.3) is 0 Å². The van der Waals surface area contributed by atoms with Crippen LogP contribution in [0.4, 0.5) is 0 Å². The van der Waals surface area contributed by atoms with Crippen molar-refractivity contribution in [2.45, 2.75) is 71.2 Å². The number of carbonyl (C=O) groups excluding carboxylic acids is 1. The lowest BCUT2D eigenvalue weighted by Crippen LogP contribution is -2.48. The lowest BCUT2D eigenvalue weighted by Gasteiger charge is -2.48. The zero-order chi connectivity index (χ0) is 26.8. The predicted octanol–water partition coefficient (Wildman–Crippen LogP) is 8.00. The van der Waals surface area contributed by atoms with Crippen LogP contribution in [0.2, 0.25) is 23.2 Å². The number of methoxy groups -OCH3 is 1. The molecule has 0 spiro atoms. The first kappa shape index (κ1) is 27.9. The number of allylic oxidation sites excluding steroid dienone is 2. The minimum Gasteiger partial charge on any atom is -0.547 e. The molecule has 0 saturated heterocycles. The van der Waals surface area contributed by atoms with Crippen LogP contribution in [0.3, 0.4) is 0 Å². The van der Waals surface area contributed by atoms with Crippen LogP contribution in [0.15, 0.2) is 59.9 Å². The summed E-state index contributed by atoms with van der Waals surface area (Å²) in [6.45, 7) is 12.6. The van der Waals surface area contributed by atoms with Crippen molar-refractivity contribution in [1.29, 1.82) is 0 Å². The van der Waals surface area contributed by atoms with Crippen molar-refractivity contribution in [1.82, 2.24) is 0 Å². The summed E-state index contributed by atoms with van der Waals surface area (Å²) < 4.78 is 18.4. The van der Waals surface area contributed by atoms with Gasteiger partial charge in [-0.1, -0.05) is 56.6 Å². The largest absolute Gasteiger partial charge is 0.547 e. The van der Waals surface area contributed by atoms with E-state index in [0.717, 1.165) is 41.4 Å². The van der Waals surface area contributed by atoms with E-state index in [2.05, 4.69) is 46.0 Å². The first-order valence-corrected chi connectivity index (χ1v) is 16.7. The highest BCUT2D eigenvalue weighted by Gasteiger charge is 2.51. The van der Waals surface area contributed by atoms with Gasteiger partial charge in [-0.25, -0.2) is 0 Å². The summed E-state index contributed by atoms with van der Waals surface area (Å²) >= 11 is 6.17. The van der Waals surface area contributed by atoms with Crippen LogP contribution in [-0.2, 0) is 27.0 Å². The van der Waals surface area contributed by atoms with E-state index in [9.17, 15) is 4.79 Å². The smallest absolute Gasteiger partial charge is 0.250 e. The van der Waals surface area contributed by atoms with Gasteiger partial charge in [0.25, 0.3) is 0 Å². The molecule has 2 aromatic rings. The van der Waals surface area contributed by atoms with E-state index in [4.69, 9.17) is 25.5 Å². The number of ether oxygens (including phenoxy) is 2. The molecule has 1 fully saturated rings. The molecule has 4 rings (SSSR count). The topological polar surface area (TPSA) is 44.8 Å². The van der Waals surface area contributed by atoms with Gasteiger partial charge in [-0.05, 0) is 83.8 Å². The molecule has 6 heteroatoms. The third kappa shape index (κ3) is 6.50. The van der Waals surface area contributed by atoms with E-state index in [1.165, 1.54) is 11.1 Å². The number of hydrogen-bond donors (Lipinski definition) is 0. The number of hydrogen-bond acceptors (Lipinski definition) is 4. The molecule has 0 amide bonds. The molecule has 4 nitrogen and oxygen atoms in total. The normalized spacial score (nSPS) is 21.9. The van der Waals surface area contributed by atoms with Crippen LogP contribution in [-0.4, -0.2) is 27.8 Å². The van der Waals surface area contributed by atoms with Gasteiger partial charge >= 0.3 is 0 Å². The van der Waals surface area contributed by atoms with E-state index >= 15 is 0 Å². The molecule has 0 N–H and O–H groups in total. The Labute approximate surface area is 228 Å². The lowest BCUT2D eigenvalue weighted by molar-refractivity contribution is -0.138. The van der Waals surface area contributed by atoms with E-state index < -0.39 is 8.32 Å². The number of rotatable bonds is 10. The van der Waals surface area contributed by atoms with Crippen molar-refractivity contribution < 1.29 is 18.7 Å². The number of Topliss-reactive ketones (excluding diaryl/α,β-unsaturated/α-hetero) is 1. The van der Waals surface area contributed by atoms with Crippen LogP contribution in [0.5, 0.6) is 5.75 Å². The molecule has 2 aliphatic carbocycles. The Morgan fingerprint density at radius 1 is 0.973 bits per heavy atom.